The summed E-state index contributed by atoms with van der Waals surface area (Å²) in [4.78, 5) is 0. The van der Waals surface area contributed by atoms with Gasteiger partial charge in [-0.2, -0.15) is 0 Å². The molecule has 0 fully saturated rings. The van der Waals surface area contributed by atoms with Gasteiger partial charge in [0.05, 0.1) is 0 Å². The molecule has 0 amide bonds. The Hall–Kier alpha value is -0.100. The maximum Gasteiger partial charge on any atom is 0.105 e. The number of rotatable bonds is 2. The van der Waals surface area contributed by atoms with Crippen LogP contribution >= 0.6 is 50.1 Å². The van der Waals surface area contributed by atoms with Gasteiger partial charge in [-0.15, -0.1) is 0 Å². The fraction of sp³-hybridized carbons (Fsp3) is 0.0769. The first-order chi connectivity index (χ1) is 8.08. The minimum Gasteiger partial charge on any atom is -0.384 e. The van der Waals surface area contributed by atoms with Crippen LogP contribution in [0.5, 0.6) is 0 Å². The van der Waals surface area contributed by atoms with E-state index >= 15 is 0 Å². The first-order valence-electron chi connectivity index (χ1n) is 4.96. The molecule has 1 unspecified atom stereocenters. The molecule has 2 aromatic carbocycles. The molecule has 0 saturated heterocycles. The second kappa shape index (κ2) is 5.69. The van der Waals surface area contributed by atoms with Crippen LogP contribution < -0.4 is 0 Å². The Labute approximate surface area is 127 Å². The number of hydrogen-bond donors (Lipinski definition) is 1. The highest BCUT2D eigenvalue weighted by Crippen LogP contribution is 2.30. The van der Waals surface area contributed by atoms with Gasteiger partial charge in [-0.3, -0.25) is 0 Å². The molecule has 2 rings (SSSR count). The highest BCUT2D eigenvalue weighted by Gasteiger charge is 2.14. The summed E-state index contributed by atoms with van der Waals surface area (Å²) in [7, 11) is 0. The molecular formula is C13H9BrClIO. The molecule has 0 bridgehead atoms. The van der Waals surface area contributed by atoms with Gasteiger partial charge in [0.1, 0.15) is 6.10 Å². The second-order valence-electron chi connectivity index (χ2n) is 3.62. The fourth-order valence-electron chi connectivity index (χ4n) is 1.58. The number of aliphatic hydroxyl groups is 1. The van der Waals surface area contributed by atoms with Gasteiger partial charge in [0.2, 0.25) is 0 Å². The summed E-state index contributed by atoms with van der Waals surface area (Å²) < 4.78 is 1.98. The van der Waals surface area contributed by atoms with E-state index in [-0.39, 0.29) is 0 Å². The summed E-state index contributed by atoms with van der Waals surface area (Å²) in [6, 6.07) is 13.1. The van der Waals surface area contributed by atoms with Crippen LogP contribution in [0.1, 0.15) is 17.2 Å². The predicted molar refractivity (Wildman–Crippen MR) is 82.4 cm³/mol. The molecule has 0 saturated carbocycles. The van der Waals surface area contributed by atoms with E-state index in [9.17, 15) is 5.11 Å². The molecule has 1 nitrogen and oxygen atoms in total. The lowest BCUT2D eigenvalue weighted by atomic mass is 10.0. The second-order valence-corrected chi connectivity index (χ2v) is 6.16. The Morgan fingerprint density at radius 3 is 2.65 bits per heavy atom. The molecule has 0 spiro atoms. The van der Waals surface area contributed by atoms with Crippen molar-refractivity contribution in [3.8, 4) is 0 Å². The normalized spacial score (nSPS) is 12.5. The standard InChI is InChI=1S/C13H9BrClIO/c14-12-5-4-10(16)7-11(12)13(17)8-2-1-3-9(15)6-8/h1-7,13,17H. The molecule has 1 atom stereocenters. The van der Waals surface area contributed by atoms with E-state index in [1.807, 2.05) is 30.3 Å². The van der Waals surface area contributed by atoms with E-state index < -0.39 is 6.10 Å². The van der Waals surface area contributed by atoms with Gasteiger partial charge in [0, 0.05) is 18.6 Å². The zero-order chi connectivity index (χ0) is 12.4. The SMILES string of the molecule is OC(c1cccc(Cl)c1)c1cc(I)ccc1Br. The van der Waals surface area contributed by atoms with Crippen molar-refractivity contribution >= 4 is 50.1 Å². The maximum atomic E-state index is 10.3. The molecule has 0 aromatic heterocycles. The summed E-state index contributed by atoms with van der Waals surface area (Å²) in [6.45, 7) is 0. The van der Waals surface area contributed by atoms with Gasteiger partial charge >= 0.3 is 0 Å². The zero-order valence-corrected chi connectivity index (χ0v) is 13.2. The Kier molecular flexibility index (Phi) is 4.47. The molecule has 0 aliphatic rings. The van der Waals surface area contributed by atoms with E-state index in [4.69, 9.17) is 11.6 Å². The lowest BCUT2D eigenvalue weighted by molar-refractivity contribution is 0.219. The largest absolute Gasteiger partial charge is 0.384 e. The Balaban J connectivity index is 2.43. The number of aliphatic hydroxyl groups excluding tert-OH is 1. The summed E-state index contributed by atoms with van der Waals surface area (Å²) in [5.41, 5.74) is 1.64. The lowest BCUT2D eigenvalue weighted by Gasteiger charge is -2.14. The van der Waals surface area contributed by atoms with E-state index in [0.717, 1.165) is 19.2 Å². The first kappa shape index (κ1) is 13.3. The Morgan fingerprint density at radius 2 is 1.94 bits per heavy atom. The van der Waals surface area contributed by atoms with Crippen LogP contribution in [0.2, 0.25) is 5.02 Å². The van der Waals surface area contributed by atoms with Crippen LogP contribution in [0.3, 0.4) is 0 Å². The zero-order valence-electron chi connectivity index (χ0n) is 8.70. The van der Waals surface area contributed by atoms with Crippen molar-refractivity contribution in [3.05, 3.63) is 66.7 Å². The monoisotopic (exact) mass is 422 g/mol. The molecule has 1 N–H and O–H groups in total. The van der Waals surface area contributed by atoms with Gasteiger partial charge < -0.3 is 5.11 Å². The Morgan fingerprint density at radius 1 is 1.18 bits per heavy atom. The minimum atomic E-state index is -0.669. The predicted octanol–water partition coefficient (Wildman–Crippen LogP) is 4.79. The fourth-order valence-corrected chi connectivity index (χ4v) is 2.76. The van der Waals surface area contributed by atoms with Crippen LogP contribution in [-0.4, -0.2) is 5.11 Å². The van der Waals surface area contributed by atoms with E-state index in [0.29, 0.717) is 5.02 Å². The van der Waals surface area contributed by atoms with Gasteiger partial charge in [0.15, 0.2) is 0 Å². The van der Waals surface area contributed by atoms with Crippen molar-refractivity contribution < 1.29 is 5.11 Å². The molecule has 2 aromatic rings. The van der Waals surface area contributed by atoms with Crippen molar-refractivity contribution in [3.63, 3.8) is 0 Å². The quantitative estimate of drug-likeness (QED) is 0.689. The van der Waals surface area contributed by atoms with Gasteiger partial charge in [0.25, 0.3) is 0 Å². The van der Waals surface area contributed by atoms with Crippen LogP contribution in [0, 0.1) is 3.57 Å². The van der Waals surface area contributed by atoms with Gasteiger partial charge in [-0.25, -0.2) is 0 Å². The highest BCUT2D eigenvalue weighted by molar-refractivity contribution is 14.1. The lowest BCUT2D eigenvalue weighted by Crippen LogP contribution is -2.01. The number of halogens is 3. The molecule has 88 valence electrons. The average Bonchev–Trinajstić information content (AvgIpc) is 2.31. The van der Waals surface area contributed by atoms with Crippen LogP contribution in [-0.2, 0) is 0 Å². The third-order valence-corrected chi connectivity index (χ3v) is 4.05. The van der Waals surface area contributed by atoms with Crippen molar-refractivity contribution in [1.29, 1.82) is 0 Å². The molecule has 17 heavy (non-hydrogen) atoms. The molecule has 0 aliphatic carbocycles. The minimum absolute atomic E-state index is 0.628. The van der Waals surface area contributed by atoms with Crippen molar-refractivity contribution in [2.45, 2.75) is 6.10 Å². The van der Waals surface area contributed by atoms with Crippen molar-refractivity contribution in [1.82, 2.24) is 0 Å². The summed E-state index contributed by atoms with van der Waals surface area (Å²) in [6.07, 6.45) is -0.669. The molecule has 0 aliphatic heterocycles. The highest BCUT2D eigenvalue weighted by atomic mass is 127. The maximum absolute atomic E-state index is 10.3. The van der Waals surface area contributed by atoms with Gasteiger partial charge in [-0.1, -0.05) is 39.7 Å². The molecular weight excluding hydrogens is 414 g/mol. The first-order valence-corrected chi connectivity index (χ1v) is 7.21. The number of hydrogen-bond acceptors (Lipinski definition) is 1. The summed E-state index contributed by atoms with van der Waals surface area (Å²) in [5.74, 6) is 0. The van der Waals surface area contributed by atoms with E-state index in [2.05, 4.69) is 38.5 Å². The third kappa shape index (κ3) is 3.22. The smallest absolute Gasteiger partial charge is 0.105 e. The summed E-state index contributed by atoms with van der Waals surface area (Å²) in [5, 5.41) is 11.0. The summed E-state index contributed by atoms with van der Waals surface area (Å²) >= 11 is 11.6. The number of benzene rings is 2. The topological polar surface area (TPSA) is 20.2 Å². The van der Waals surface area contributed by atoms with E-state index in [1.54, 1.807) is 12.1 Å². The van der Waals surface area contributed by atoms with Crippen molar-refractivity contribution in [2.24, 2.45) is 0 Å². The van der Waals surface area contributed by atoms with E-state index in [1.165, 1.54) is 0 Å². The third-order valence-electron chi connectivity index (χ3n) is 2.42. The van der Waals surface area contributed by atoms with Gasteiger partial charge in [-0.05, 0) is 58.5 Å². The van der Waals surface area contributed by atoms with Crippen LogP contribution in [0.25, 0.3) is 0 Å². The van der Waals surface area contributed by atoms with Crippen LogP contribution in [0.15, 0.2) is 46.9 Å². The van der Waals surface area contributed by atoms with Crippen LogP contribution in [0.4, 0.5) is 0 Å². The molecule has 0 radical (unpaired) electrons. The molecule has 4 heteroatoms. The molecule has 0 heterocycles. The average molecular weight is 423 g/mol. The van der Waals surface area contributed by atoms with Crippen molar-refractivity contribution in [2.75, 3.05) is 0 Å². The Bertz CT molecular complexity index is 545.